The van der Waals surface area contributed by atoms with Crippen molar-refractivity contribution in [2.45, 2.75) is 37.8 Å². The van der Waals surface area contributed by atoms with E-state index in [0.29, 0.717) is 5.84 Å². The van der Waals surface area contributed by atoms with Gasteiger partial charge in [-0.2, -0.15) is 4.40 Å². The predicted octanol–water partition coefficient (Wildman–Crippen LogP) is 1.28. The second-order valence-electron chi connectivity index (χ2n) is 7.02. The fraction of sp³-hybridized carbons (Fsp3) is 0.556. The number of carbonyl (C=O) groups excluding carboxylic acids is 1. The van der Waals surface area contributed by atoms with Crippen LogP contribution in [-0.4, -0.2) is 51.5 Å². The lowest BCUT2D eigenvalue weighted by atomic mass is 9.84. The number of nitrogens with two attached hydrogens (primary N) is 1. The molecule has 1 aromatic rings. The number of hydrogen-bond acceptors (Lipinski definition) is 4. The first-order valence-corrected chi connectivity index (χ1v) is 10.6. The fourth-order valence-corrected chi connectivity index (χ4v) is 3.94. The molecule has 0 aliphatic heterocycles. The van der Waals surface area contributed by atoms with Crippen LogP contribution in [0.4, 0.5) is 0 Å². The SMILES string of the molecule is CN(C)C(=NS(C)(=O)=O)C1CCC(NC(=O)C(N)c2ccccc2)CC1. The van der Waals surface area contributed by atoms with Crippen LogP contribution in [0.1, 0.15) is 37.3 Å². The maximum absolute atomic E-state index is 12.4. The molecule has 1 atom stereocenters. The zero-order valence-electron chi connectivity index (χ0n) is 15.6. The summed E-state index contributed by atoms with van der Waals surface area (Å²) in [5, 5.41) is 3.02. The van der Waals surface area contributed by atoms with E-state index in [-0.39, 0.29) is 17.9 Å². The number of amidine groups is 1. The van der Waals surface area contributed by atoms with Gasteiger partial charge in [0.15, 0.2) is 0 Å². The van der Waals surface area contributed by atoms with Gasteiger partial charge in [-0.05, 0) is 31.2 Å². The monoisotopic (exact) mass is 380 g/mol. The van der Waals surface area contributed by atoms with E-state index in [1.54, 1.807) is 19.0 Å². The van der Waals surface area contributed by atoms with Crippen LogP contribution >= 0.6 is 0 Å². The second-order valence-corrected chi connectivity index (χ2v) is 8.67. The van der Waals surface area contributed by atoms with E-state index in [2.05, 4.69) is 9.71 Å². The molecule has 1 saturated carbocycles. The standard InChI is InChI=1S/C18H28N4O3S/c1-22(2)17(21-26(3,24)25)14-9-11-15(12-10-14)20-18(23)16(19)13-7-5-4-6-8-13/h4-8,14-16H,9-12,19H2,1-3H3,(H,20,23). The minimum absolute atomic E-state index is 0.0511. The normalized spacial score (nSPS) is 22.5. The highest BCUT2D eigenvalue weighted by molar-refractivity contribution is 7.89. The van der Waals surface area contributed by atoms with E-state index < -0.39 is 16.1 Å². The average molecular weight is 381 g/mol. The summed E-state index contributed by atoms with van der Waals surface area (Å²) in [6, 6.07) is 8.65. The molecule has 8 heteroatoms. The molecule has 26 heavy (non-hydrogen) atoms. The third-order valence-electron chi connectivity index (χ3n) is 4.60. The van der Waals surface area contributed by atoms with Crippen LogP contribution < -0.4 is 11.1 Å². The van der Waals surface area contributed by atoms with Crippen molar-refractivity contribution in [1.82, 2.24) is 10.2 Å². The molecular formula is C18H28N4O3S. The molecule has 0 radical (unpaired) electrons. The summed E-state index contributed by atoms with van der Waals surface area (Å²) in [6.45, 7) is 0. The maximum atomic E-state index is 12.4. The third kappa shape index (κ3) is 5.81. The van der Waals surface area contributed by atoms with Crippen molar-refractivity contribution in [3.63, 3.8) is 0 Å². The van der Waals surface area contributed by atoms with Crippen molar-refractivity contribution in [1.29, 1.82) is 0 Å². The van der Waals surface area contributed by atoms with Gasteiger partial charge < -0.3 is 16.0 Å². The molecule has 0 bridgehead atoms. The van der Waals surface area contributed by atoms with Crippen molar-refractivity contribution < 1.29 is 13.2 Å². The van der Waals surface area contributed by atoms with Gasteiger partial charge in [-0.15, -0.1) is 0 Å². The van der Waals surface area contributed by atoms with E-state index in [4.69, 9.17) is 5.73 Å². The highest BCUT2D eigenvalue weighted by Gasteiger charge is 2.28. The quantitative estimate of drug-likeness (QED) is 0.591. The number of hydrogen-bond donors (Lipinski definition) is 2. The topological polar surface area (TPSA) is 105 Å². The Kier molecular flexibility index (Phi) is 6.77. The Morgan fingerprint density at radius 3 is 2.27 bits per heavy atom. The number of benzene rings is 1. The van der Waals surface area contributed by atoms with Crippen LogP contribution in [0.2, 0.25) is 0 Å². The van der Waals surface area contributed by atoms with E-state index in [1.807, 2.05) is 30.3 Å². The second kappa shape index (κ2) is 8.64. The van der Waals surface area contributed by atoms with Crippen LogP contribution in [0.3, 0.4) is 0 Å². The lowest BCUT2D eigenvalue weighted by Gasteiger charge is -2.32. The van der Waals surface area contributed by atoms with Crippen molar-refractivity contribution >= 4 is 21.8 Å². The maximum Gasteiger partial charge on any atom is 0.251 e. The van der Waals surface area contributed by atoms with E-state index >= 15 is 0 Å². The molecule has 0 spiro atoms. The van der Waals surface area contributed by atoms with Crippen molar-refractivity contribution in [3.05, 3.63) is 35.9 Å². The van der Waals surface area contributed by atoms with E-state index in [0.717, 1.165) is 37.5 Å². The molecule has 1 fully saturated rings. The summed E-state index contributed by atoms with van der Waals surface area (Å²) in [5.41, 5.74) is 6.82. The van der Waals surface area contributed by atoms with Crippen LogP contribution in [0, 0.1) is 5.92 Å². The summed E-state index contributed by atoms with van der Waals surface area (Å²) >= 11 is 0. The molecule has 2 rings (SSSR count). The number of carbonyl (C=O) groups is 1. The van der Waals surface area contributed by atoms with Gasteiger partial charge in [0.2, 0.25) is 5.91 Å². The summed E-state index contributed by atoms with van der Waals surface area (Å²) < 4.78 is 26.9. The summed E-state index contributed by atoms with van der Waals surface area (Å²) in [6.07, 6.45) is 4.20. The van der Waals surface area contributed by atoms with E-state index in [9.17, 15) is 13.2 Å². The molecule has 1 aliphatic carbocycles. The molecule has 1 aromatic carbocycles. The highest BCUT2D eigenvalue weighted by atomic mass is 32.2. The molecule has 1 unspecified atom stereocenters. The Morgan fingerprint density at radius 2 is 1.77 bits per heavy atom. The molecule has 3 N–H and O–H groups in total. The number of nitrogens with zero attached hydrogens (tertiary/aromatic N) is 2. The van der Waals surface area contributed by atoms with E-state index in [1.165, 1.54) is 0 Å². The van der Waals surface area contributed by atoms with Gasteiger partial charge in [-0.1, -0.05) is 30.3 Å². The fourth-order valence-electron chi connectivity index (χ4n) is 3.29. The first kappa shape index (κ1) is 20.4. The first-order chi connectivity index (χ1) is 12.2. The zero-order valence-corrected chi connectivity index (χ0v) is 16.4. The average Bonchev–Trinajstić information content (AvgIpc) is 2.59. The first-order valence-electron chi connectivity index (χ1n) is 8.75. The van der Waals surface area contributed by atoms with Gasteiger partial charge in [0, 0.05) is 26.1 Å². The van der Waals surface area contributed by atoms with Gasteiger partial charge in [0.25, 0.3) is 10.0 Å². The van der Waals surface area contributed by atoms with Gasteiger partial charge >= 0.3 is 0 Å². The number of amides is 1. The Bertz CT molecular complexity index is 739. The van der Waals surface area contributed by atoms with Gasteiger partial charge in [-0.3, -0.25) is 4.79 Å². The minimum atomic E-state index is -3.43. The van der Waals surface area contributed by atoms with Crippen LogP contribution in [-0.2, 0) is 14.8 Å². The third-order valence-corrected chi connectivity index (χ3v) is 5.12. The van der Waals surface area contributed by atoms with Gasteiger partial charge in [0.1, 0.15) is 11.9 Å². The summed E-state index contributed by atoms with van der Waals surface area (Å²) in [5.74, 6) is 0.478. The molecule has 0 aromatic heterocycles. The Hall–Kier alpha value is -1.93. The lowest BCUT2D eigenvalue weighted by Crippen LogP contribution is -2.44. The molecule has 0 heterocycles. The van der Waals surface area contributed by atoms with Gasteiger partial charge in [0.05, 0.1) is 6.26 Å². The largest absolute Gasteiger partial charge is 0.365 e. The van der Waals surface area contributed by atoms with Crippen LogP contribution in [0.15, 0.2) is 34.7 Å². The Labute approximate surface area is 155 Å². The van der Waals surface area contributed by atoms with Crippen molar-refractivity contribution in [3.8, 4) is 0 Å². The molecule has 1 amide bonds. The molecule has 144 valence electrons. The Morgan fingerprint density at radius 1 is 1.19 bits per heavy atom. The van der Waals surface area contributed by atoms with Crippen LogP contribution in [0.5, 0.6) is 0 Å². The Balaban J connectivity index is 1.94. The summed E-state index contributed by atoms with van der Waals surface area (Å²) in [4.78, 5) is 14.1. The lowest BCUT2D eigenvalue weighted by molar-refractivity contribution is -0.123. The zero-order chi connectivity index (χ0) is 19.3. The van der Waals surface area contributed by atoms with Crippen LogP contribution in [0.25, 0.3) is 0 Å². The van der Waals surface area contributed by atoms with Crippen molar-refractivity contribution in [2.75, 3.05) is 20.4 Å². The van der Waals surface area contributed by atoms with Gasteiger partial charge in [-0.25, -0.2) is 8.42 Å². The molecular weight excluding hydrogens is 352 g/mol. The predicted molar refractivity (Wildman–Crippen MR) is 103 cm³/mol. The highest BCUT2D eigenvalue weighted by Crippen LogP contribution is 2.27. The minimum Gasteiger partial charge on any atom is -0.365 e. The van der Waals surface area contributed by atoms with Crippen molar-refractivity contribution in [2.24, 2.45) is 16.0 Å². The smallest absolute Gasteiger partial charge is 0.251 e. The number of sulfonamides is 1. The molecule has 7 nitrogen and oxygen atoms in total. The molecule has 1 aliphatic rings. The number of rotatable bonds is 5. The molecule has 0 saturated heterocycles. The number of nitrogens with one attached hydrogen (secondary N) is 1. The summed E-state index contributed by atoms with van der Waals surface area (Å²) in [7, 11) is 0.173.